The Morgan fingerprint density at radius 3 is 2.62 bits per heavy atom. The molecule has 0 N–H and O–H groups in total. The normalized spacial score (nSPS) is 19.8. The lowest BCUT2D eigenvalue weighted by Crippen LogP contribution is -2.58. The van der Waals surface area contributed by atoms with Crippen molar-refractivity contribution in [2.45, 2.75) is 18.4 Å². The largest absolute Gasteiger partial charge is 0.371 e. The van der Waals surface area contributed by atoms with Crippen molar-refractivity contribution < 1.29 is 13.9 Å². The van der Waals surface area contributed by atoms with Crippen LogP contribution in [0.4, 0.5) is 10.3 Å². The number of anilines is 1. The highest BCUT2D eigenvalue weighted by atomic mass is 19.1. The maximum atomic E-state index is 13.1. The molecule has 0 aliphatic carbocycles. The molecule has 1 amide bonds. The number of aromatic nitrogens is 3. The van der Waals surface area contributed by atoms with E-state index in [0.717, 1.165) is 12.8 Å². The van der Waals surface area contributed by atoms with E-state index < -0.39 is 5.82 Å². The first-order chi connectivity index (χ1) is 12.6. The Morgan fingerprint density at radius 2 is 1.96 bits per heavy atom. The molecule has 2 saturated heterocycles. The summed E-state index contributed by atoms with van der Waals surface area (Å²) < 4.78 is 21.0. The second-order valence-corrected chi connectivity index (χ2v) is 6.95. The number of morpholine rings is 1. The highest BCUT2D eigenvalue weighted by Crippen LogP contribution is 2.31. The summed E-state index contributed by atoms with van der Waals surface area (Å²) in [5.41, 5.74) is 0.396. The molecule has 138 valence electrons. The second kappa shape index (κ2) is 6.68. The smallest absolute Gasteiger partial charge is 0.270 e. The van der Waals surface area contributed by atoms with Gasteiger partial charge in [0.1, 0.15) is 5.69 Å². The zero-order valence-corrected chi connectivity index (χ0v) is 14.8. The van der Waals surface area contributed by atoms with Crippen LogP contribution in [0.15, 0.2) is 30.7 Å². The van der Waals surface area contributed by atoms with Crippen LogP contribution in [0.3, 0.4) is 0 Å². The van der Waals surface area contributed by atoms with E-state index in [1.807, 2.05) is 39.7 Å². The summed E-state index contributed by atoms with van der Waals surface area (Å²) in [6.07, 6.45) is 5.78. The predicted octanol–water partition coefficient (Wildman–Crippen LogP) is 1.47. The first kappa shape index (κ1) is 17.0. The Bertz CT molecular complexity index is 783. The minimum Gasteiger partial charge on any atom is -0.371 e. The number of piperidine rings is 1. The molecular weight excluding hydrogens is 337 g/mol. The van der Waals surface area contributed by atoms with Gasteiger partial charge in [0.15, 0.2) is 5.82 Å². The number of hydrogen-bond donors (Lipinski definition) is 0. The van der Waals surface area contributed by atoms with Crippen molar-refractivity contribution in [3.8, 4) is 0 Å². The van der Waals surface area contributed by atoms with Crippen molar-refractivity contribution >= 4 is 11.9 Å². The fourth-order valence-electron chi connectivity index (χ4n) is 3.75. The van der Waals surface area contributed by atoms with Crippen molar-refractivity contribution in [3.63, 3.8) is 0 Å². The number of rotatable bonds is 2. The van der Waals surface area contributed by atoms with Crippen molar-refractivity contribution in [2.75, 3.05) is 37.7 Å². The van der Waals surface area contributed by atoms with Gasteiger partial charge in [0.2, 0.25) is 5.95 Å². The van der Waals surface area contributed by atoms with Crippen LogP contribution in [0, 0.1) is 5.82 Å². The Hall–Kier alpha value is -2.48. The molecule has 2 aliphatic rings. The van der Waals surface area contributed by atoms with Crippen molar-refractivity contribution in [1.29, 1.82) is 0 Å². The van der Waals surface area contributed by atoms with E-state index in [9.17, 15) is 9.18 Å². The average molecular weight is 359 g/mol. The molecule has 26 heavy (non-hydrogen) atoms. The van der Waals surface area contributed by atoms with Crippen LogP contribution in [-0.4, -0.2) is 63.7 Å². The van der Waals surface area contributed by atoms with Gasteiger partial charge in [-0.2, -0.15) is 0 Å². The SMILES string of the molecule is Cn1cccc1C(=O)N1CCC2(CC1)CN(c1ncc(F)cn1)CCO2. The zero-order valence-electron chi connectivity index (χ0n) is 14.8. The molecule has 0 radical (unpaired) electrons. The van der Waals surface area contributed by atoms with Gasteiger partial charge in [-0.15, -0.1) is 0 Å². The summed E-state index contributed by atoms with van der Waals surface area (Å²) in [6, 6.07) is 3.72. The van der Waals surface area contributed by atoms with Crippen LogP contribution < -0.4 is 4.90 Å². The quantitative estimate of drug-likeness (QED) is 0.812. The van der Waals surface area contributed by atoms with Crippen LogP contribution in [-0.2, 0) is 11.8 Å². The molecule has 7 nitrogen and oxygen atoms in total. The van der Waals surface area contributed by atoms with E-state index in [2.05, 4.69) is 9.97 Å². The lowest BCUT2D eigenvalue weighted by molar-refractivity contribution is -0.0872. The van der Waals surface area contributed by atoms with E-state index >= 15 is 0 Å². The first-order valence-corrected chi connectivity index (χ1v) is 8.83. The topological polar surface area (TPSA) is 63.5 Å². The Kier molecular flexibility index (Phi) is 4.36. The maximum absolute atomic E-state index is 13.1. The van der Waals surface area contributed by atoms with Crippen LogP contribution in [0.2, 0.25) is 0 Å². The third kappa shape index (κ3) is 3.16. The highest BCUT2D eigenvalue weighted by Gasteiger charge is 2.41. The molecule has 4 heterocycles. The fraction of sp³-hybridized carbons (Fsp3) is 0.500. The molecule has 2 fully saturated rings. The Morgan fingerprint density at radius 1 is 1.23 bits per heavy atom. The van der Waals surface area contributed by atoms with Gasteiger partial charge in [-0.3, -0.25) is 4.79 Å². The third-order valence-corrected chi connectivity index (χ3v) is 5.26. The van der Waals surface area contributed by atoms with Gasteiger partial charge < -0.3 is 19.1 Å². The molecule has 1 spiro atoms. The molecule has 0 saturated carbocycles. The number of ether oxygens (including phenoxy) is 1. The highest BCUT2D eigenvalue weighted by molar-refractivity contribution is 5.92. The minimum absolute atomic E-state index is 0.0573. The monoisotopic (exact) mass is 359 g/mol. The maximum Gasteiger partial charge on any atom is 0.270 e. The van der Waals surface area contributed by atoms with Gasteiger partial charge in [0.25, 0.3) is 5.91 Å². The van der Waals surface area contributed by atoms with E-state index in [1.165, 1.54) is 12.4 Å². The molecule has 4 rings (SSSR count). The van der Waals surface area contributed by atoms with Crippen molar-refractivity contribution in [3.05, 3.63) is 42.2 Å². The molecule has 0 bridgehead atoms. The summed E-state index contributed by atoms with van der Waals surface area (Å²) in [5.74, 6) is 0.141. The lowest BCUT2D eigenvalue weighted by atomic mass is 9.89. The molecule has 0 unspecified atom stereocenters. The van der Waals surface area contributed by atoms with Gasteiger partial charge in [-0.05, 0) is 25.0 Å². The standard InChI is InChI=1S/C18H22FN5O2/c1-22-6-2-3-15(22)16(25)23-7-4-18(5-8-23)13-24(9-10-26-18)17-20-11-14(19)12-21-17/h2-3,6,11-12H,4-5,7-10,13H2,1H3. The zero-order chi connectivity index (χ0) is 18.1. The number of aryl methyl sites for hydroxylation is 1. The van der Waals surface area contributed by atoms with Gasteiger partial charge in [0, 0.05) is 32.9 Å². The summed E-state index contributed by atoms with van der Waals surface area (Å²) in [7, 11) is 1.88. The molecule has 2 aromatic rings. The first-order valence-electron chi connectivity index (χ1n) is 8.83. The average Bonchev–Trinajstić information content (AvgIpc) is 3.08. The molecule has 0 aromatic carbocycles. The van der Waals surface area contributed by atoms with Gasteiger partial charge in [-0.25, -0.2) is 14.4 Å². The molecular formula is C18H22FN5O2. The van der Waals surface area contributed by atoms with E-state index in [4.69, 9.17) is 4.74 Å². The summed E-state index contributed by atoms with van der Waals surface area (Å²) in [5, 5.41) is 0. The van der Waals surface area contributed by atoms with Gasteiger partial charge in [0.05, 0.1) is 31.1 Å². The summed E-state index contributed by atoms with van der Waals surface area (Å²) >= 11 is 0. The van der Waals surface area contributed by atoms with Crippen LogP contribution in [0.1, 0.15) is 23.3 Å². The van der Waals surface area contributed by atoms with Crippen molar-refractivity contribution in [1.82, 2.24) is 19.4 Å². The summed E-state index contributed by atoms with van der Waals surface area (Å²) in [6.45, 7) is 3.22. The minimum atomic E-state index is -0.441. The summed E-state index contributed by atoms with van der Waals surface area (Å²) in [4.78, 5) is 24.8. The van der Waals surface area contributed by atoms with Crippen molar-refractivity contribution in [2.24, 2.45) is 7.05 Å². The number of amides is 1. The number of hydrogen-bond acceptors (Lipinski definition) is 5. The fourth-order valence-corrected chi connectivity index (χ4v) is 3.75. The number of nitrogens with zero attached hydrogens (tertiary/aromatic N) is 5. The van der Waals surface area contributed by atoms with E-state index in [-0.39, 0.29) is 11.5 Å². The lowest BCUT2D eigenvalue weighted by Gasteiger charge is -2.47. The number of likely N-dealkylation sites (tertiary alicyclic amines) is 1. The van der Waals surface area contributed by atoms with Gasteiger partial charge in [-0.1, -0.05) is 0 Å². The molecule has 0 atom stereocenters. The number of halogens is 1. The second-order valence-electron chi connectivity index (χ2n) is 6.95. The van der Waals surface area contributed by atoms with Crippen LogP contribution in [0.25, 0.3) is 0 Å². The predicted molar refractivity (Wildman–Crippen MR) is 93.4 cm³/mol. The van der Waals surface area contributed by atoms with E-state index in [0.29, 0.717) is 44.4 Å². The number of carbonyl (C=O) groups excluding carboxylic acids is 1. The van der Waals surface area contributed by atoms with Crippen LogP contribution >= 0.6 is 0 Å². The molecule has 2 aliphatic heterocycles. The molecule has 8 heteroatoms. The van der Waals surface area contributed by atoms with E-state index in [1.54, 1.807) is 0 Å². The third-order valence-electron chi connectivity index (χ3n) is 5.26. The van der Waals surface area contributed by atoms with Crippen LogP contribution in [0.5, 0.6) is 0 Å². The molecule has 2 aromatic heterocycles. The Balaban J connectivity index is 1.42. The van der Waals surface area contributed by atoms with Gasteiger partial charge >= 0.3 is 0 Å². The number of carbonyl (C=O) groups is 1. The Labute approximate surface area is 151 Å².